The lowest BCUT2D eigenvalue weighted by Crippen LogP contribution is -2.14. The van der Waals surface area contributed by atoms with E-state index < -0.39 is 5.97 Å². The third-order valence-corrected chi connectivity index (χ3v) is 3.18. The molecule has 0 radical (unpaired) electrons. The fourth-order valence-electron chi connectivity index (χ4n) is 1.56. The van der Waals surface area contributed by atoms with Crippen molar-refractivity contribution in [3.05, 3.63) is 46.7 Å². The number of carbonyl (C=O) groups excluding carboxylic acids is 1. The minimum Gasteiger partial charge on any atom is -0.482 e. The van der Waals surface area contributed by atoms with Gasteiger partial charge in [0.05, 0.1) is 6.42 Å². The van der Waals surface area contributed by atoms with E-state index in [0.717, 1.165) is 5.56 Å². The van der Waals surface area contributed by atoms with Crippen LogP contribution in [0.5, 0.6) is 5.75 Å². The Labute approximate surface area is 119 Å². The van der Waals surface area contributed by atoms with Gasteiger partial charge in [-0.05, 0) is 46.7 Å². The summed E-state index contributed by atoms with van der Waals surface area (Å²) in [6, 6.07) is 8.48. The summed E-state index contributed by atoms with van der Waals surface area (Å²) in [7, 11) is 0. The summed E-state index contributed by atoms with van der Waals surface area (Å²) in [6.45, 7) is -0.385. The van der Waals surface area contributed by atoms with E-state index in [0.29, 0.717) is 17.9 Å². The first-order valence-electron chi connectivity index (χ1n) is 5.89. The van der Waals surface area contributed by atoms with Crippen molar-refractivity contribution in [3.63, 3.8) is 0 Å². The van der Waals surface area contributed by atoms with Gasteiger partial charge in [0.15, 0.2) is 6.61 Å². The normalized spacial score (nSPS) is 10.0. The van der Waals surface area contributed by atoms with E-state index in [1.54, 1.807) is 35.6 Å². The molecule has 2 rings (SSSR count). The van der Waals surface area contributed by atoms with Crippen LogP contribution in [-0.4, -0.2) is 23.6 Å². The maximum absolute atomic E-state index is 11.8. The van der Waals surface area contributed by atoms with Crippen LogP contribution in [0.15, 0.2) is 41.1 Å². The number of carboxylic acid groups (broad SMARTS) is 1. The summed E-state index contributed by atoms with van der Waals surface area (Å²) in [5.74, 6) is -0.677. The fourth-order valence-corrected chi connectivity index (χ4v) is 2.23. The largest absolute Gasteiger partial charge is 0.482 e. The van der Waals surface area contributed by atoms with E-state index >= 15 is 0 Å². The molecule has 1 aromatic heterocycles. The summed E-state index contributed by atoms with van der Waals surface area (Å²) >= 11 is 1.55. The van der Waals surface area contributed by atoms with Crippen LogP contribution in [0.1, 0.15) is 5.56 Å². The molecule has 2 aromatic rings. The number of carbonyl (C=O) groups is 2. The summed E-state index contributed by atoms with van der Waals surface area (Å²) in [5, 5.41) is 15.1. The van der Waals surface area contributed by atoms with Crippen LogP contribution < -0.4 is 10.1 Å². The maximum Gasteiger partial charge on any atom is 0.341 e. The average Bonchev–Trinajstić information content (AvgIpc) is 2.90. The second-order valence-electron chi connectivity index (χ2n) is 4.06. The van der Waals surface area contributed by atoms with Crippen LogP contribution in [0.2, 0.25) is 0 Å². The molecule has 0 saturated carbocycles. The van der Waals surface area contributed by atoms with Crippen molar-refractivity contribution in [1.29, 1.82) is 0 Å². The Kier molecular flexibility index (Phi) is 4.73. The minimum atomic E-state index is -1.03. The monoisotopic (exact) mass is 291 g/mol. The van der Waals surface area contributed by atoms with E-state index in [9.17, 15) is 9.59 Å². The Balaban J connectivity index is 1.86. The Hall–Kier alpha value is -2.34. The molecule has 0 aliphatic rings. The van der Waals surface area contributed by atoms with Gasteiger partial charge in [-0.1, -0.05) is 0 Å². The lowest BCUT2D eigenvalue weighted by molar-refractivity contribution is -0.139. The summed E-state index contributed by atoms with van der Waals surface area (Å²) < 4.78 is 5.00. The molecular weight excluding hydrogens is 278 g/mol. The van der Waals surface area contributed by atoms with Crippen molar-refractivity contribution in [2.24, 2.45) is 0 Å². The van der Waals surface area contributed by atoms with Crippen molar-refractivity contribution >= 4 is 28.9 Å². The quantitative estimate of drug-likeness (QED) is 0.857. The molecule has 0 bridgehead atoms. The molecule has 1 amide bonds. The molecule has 0 spiro atoms. The van der Waals surface area contributed by atoms with Crippen LogP contribution in [0.25, 0.3) is 0 Å². The second-order valence-corrected chi connectivity index (χ2v) is 4.84. The zero-order valence-corrected chi connectivity index (χ0v) is 11.4. The van der Waals surface area contributed by atoms with Gasteiger partial charge in [0.25, 0.3) is 0 Å². The van der Waals surface area contributed by atoms with E-state index in [-0.39, 0.29) is 12.5 Å². The van der Waals surface area contributed by atoms with Gasteiger partial charge in [-0.3, -0.25) is 4.79 Å². The first-order chi connectivity index (χ1) is 9.63. The number of hydrogen-bond donors (Lipinski definition) is 2. The minimum absolute atomic E-state index is 0.0948. The zero-order valence-electron chi connectivity index (χ0n) is 10.5. The number of carboxylic acids is 1. The standard InChI is InChI=1S/C14H13NO4S/c16-13(7-10-5-6-20-9-10)15-11-1-3-12(4-2-11)19-8-14(17)18/h1-6,9H,7-8H2,(H,15,16)(H,17,18). The molecule has 20 heavy (non-hydrogen) atoms. The van der Waals surface area contributed by atoms with Gasteiger partial charge >= 0.3 is 5.97 Å². The van der Waals surface area contributed by atoms with Crippen LogP contribution >= 0.6 is 11.3 Å². The predicted molar refractivity (Wildman–Crippen MR) is 76.2 cm³/mol. The molecule has 104 valence electrons. The Bertz CT molecular complexity index is 578. The Morgan fingerprint density at radius 2 is 1.95 bits per heavy atom. The Morgan fingerprint density at radius 3 is 2.55 bits per heavy atom. The van der Waals surface area contributed by atoms with E-state index in [1.165, 1.54) is 0 Å². The molecule has 6 heteroatoms. The first kappa shape index (κ1) is 14.1. The highest BCUT2D eigenvalue weighted by Gasteiger charge is 2.05. The number of nitrogens with one attached hydrogen (secondary N) is 1. The molecule has 1 heterocycles. The van der Waals surface area contributed by atoms with Gasteiger partial charge < -0.3 is 15.2 Å². The van der Waals surface area contributed by atoms with Crippen LogP contribution in [0, 0.1) is 0 Å². The molecule has 0 fully saturated rings. The lowest BCUT2D eigenvalue weighted by atomic mass is 10.2. The molecule has 1 aromatic carbocycles. The predicted octanol–water partition coefficient (Wildman–Crippen LogP) is 2.39. The molecule has 5 nitrogen and oxygen atoms in total. The smallest absolute Gasteiger partial charge is 0.341 e. The van der Waals surface area contributed by atoms with Gasteiger partial charge in [-0.15, -0.1) is 0 Å². The van der Waals surface area contributed by atoms with E-state index in [2.05, 4.69) is 5.32 Å². The maximum atomic E-state index is 11.8. The summed E-state index contributed by atoms with van der Waals surface area (Å²) in [6.07, 6.45) is 0.334. The van der Waals surface area contributed by atoms with E-state index in [1.807, 2.05) is 16.8 Å². The van der Waals surface area contributed by atoms with Gasteiger partial charge in [-0.25, -0.2) is 4.79 Å². The number of rotatable bonds is 6. The second kappa shape index (κ2) is 6.72. The third kappa shape index (κ3) is 4.40. The number of thiophene rings is 1. The number of amides is 1. The highest BCUT2D eigenvalue weighted by molar-refractivity contribution is 7.08. The number of aliphatic carboxylic acids is 1. The average molecular weight is 291 g/mol. The number of hydrogen-bond acceptors (Lipinski definition) is 4. The van der Waals surface area contributed by atoms with Crippen molar-refractivity contribution < 1.29 is 19.4 Å². The topological polar surface area (TPSA) is 75.6 Å². The third-order valence-electron chi connectivity index (χ3n) is 2.45. The molecule has 2 N–H and O–H groups in total. The highest BCUT2D eigenvalue weighted by atomic mass is 32.1. The molecule has 0 unspecified atom stereocenters. The molecule has 0 atom stereocenters. The number of ether oxygens (including phenoxy) is 1. The van der Waals surface area contributed by atoms with Crippen molar-refractivity contribution in [1.82, 2.24) is 0 Å². The van der Waals surface area contributed by atoms with Gasteiger partial charge in [0, 0.05) is 5.69 Å². The molecule has 0 saturated heterocycles. The van der Waals surface area contributed by atoms with Gasteiger partial charge in [0.1, 0.15) is 5.75 Å². The van der Waals surface area contributed by atoms with Gasteiger partial charge in [0.2, 0.25) is 5.91 Å². The van der Waals surface area contributed by atoms with Crippen LogP contribution in [0.3, 0.4) is 0 Å². The summed E-state index contributed by atoms with van der Waals surface area (Å²) in [5.41, 5.74) is 1.63. The molecular formula is C14H13NO4S. The van der Waals surface area contributed by atoms with Crippen molar-refractivity contribution in [2.45, 2.75) is 6.42 Å². The number of benzene rings is 1. The van der Waals surface area contributed by atoms with Crippen LogP contribution in [-0.2, 0) is 16.0 Å². The van der Waals surface area contributed by atoms with Crippen molar-refractivity contribution in [2.75, 3.05) is 11.9 Å². The van der Waals surface area contributed by atoms with Gasteiger partial charge in [-0.2, -0.15) is 11.3 Å². The molecule has 0 aliphatic carbocycles. The van der Waals surface area contributed by atoms with Crippen molar-refractivity contribution in [3.8, 4) is 5.75 Å². The first-order valence-corrected chi connectivity index (χ1v) is 6.83. The SMILES string of the molecule is O=C(O)COc1ccc(NC(=O)Cc2ccsc2)cc1. The highest BCUT2D eigenvalue weighted by Crippen LogP contribution is 2.16. The van der Waals surface area contributed by atoms with Crippen LogP contribution in [0.4, 0.5) is 5.69 Å². The lowest BCUT2D eigenvalue weighted by Gasteiger charge is -2.06. The summed E-state index contributed by atoms with van der Waals surface area (Å²) in [4.78, 5) is 22.1. The number of anilines is 1. The Morgan fingerprint density at radius 1 is 1.20 bits per heavy atom. The zero-order chi connectivity index (χ0) is 14.4. The molecule has 0 aliphatic heterocycles. The fraction of sp³-hybridized carbons (Fsp3) is 0.143. The van der Waals surface area contributed by atoms with E-state index in [4.69, 9.17) is 9.84 Å².